The van der Waals surface area contributed by atoms with Gasteiger partial charge in [0, 0.05) is 0 Å². The number of carbonyl (C=O) groups is 1. The number of amides is 1. The SMILES string of the molecule is COc1cccc(CC(=O)NN=Cc2c(S(=O)(=O)Oc3ccccc3)ccc(C(F)(F)F)c2OC)c1. The van der Waals surface area contributed by atoms with Crippen LogP contribution >= 0.6 is 0 Å². The summed E-state index contributed by atoms with van der Waals surface area (Å²) in [5.41, 5.74) is 0.988. The number of ether oxygens (including phenoxy) is 2. The third kappa shape index (κ3) is 6.54. The van der Waals surface area contributed by atoms with Crippen molar-refractivity contribution in [1.29, 1.82) is 0 Å². The lowest BCUT2D eigenvalue weighted by Gasteiger charge is -2.17. The number of nitrogens with zero attached hydrogens (tertiary/aromatic N) is 1. The van der Waals surface area contributed by atoms with Crippen LogP contribution in [0.15, 0.2) is 76.7 Å². The first-order valence-corrected chi connectivity index (χ1v) is 11.7. The Kier molecular flexibility index (Phi) is 8.20. The Bertz CT molecular complexity index is 1360. The standard InChI is InChI=1S/C24H21F3N2O6S/c1-33-18-10-6-7-16(13-18)14-22(30)29-28-15-19-21(12-11-20(23(19)34-2)24(25,26)27)36(31,32)35-17-8-4-3-5-9-17/h3-13,15H,14H2,1-2H3,(H,29,30). The predicted molar refractivity (Wildman–Crippen MR) is 125 cm³/mol. The van der Waals surface area contributed by atoms with Crippen LogP contribution in [0.5, 0.6) is 17.2 Å². The zero-order chi connectivity index (χ0) is 26.3. The molecule has 3 aromatic rings. The molecule has 0 spiro atoms. The fourth-order valence-corrected chi connectivity index (χ4v) is 4.29. The lowest BCUT2D eigenvalue weighted by atomic mass is 10.1. The Morgan fingerprint density at radius 3 is 2.31 bits per heavy atom. The molecule has 0 heterocycles. The van der Waals surface area contributed by atoms with Crippen LogP contribution in [0, 0.1) is 0 Å². The van der Waals surface area contributed by atoms with Crippen molar-refractivity contribution in [2.45, 2.75) is 17.5 Å². The predicted octanol–water partition coefficient (Wildman–Crippen LogP) is 4.18. The van der Waals surface area contributed by atoms with Crippen LogP contribution in [0.2, 0.25) is 0 Å². The molecule has 0 radical (unpaired) electrons. The maximum absolute atomic E-state index is 13.6. The van der Waals surface area contributed by atoms with Crippen molar-refractivity contribution in [3.05, 3.63) is 83.4 Å². The van der Waals surface area contributed by atoms with E-state index >= 15 is 0 Å². The fraction of sp³-hybridized carbons (Fsp3) is 0.167. The van der Waals surface area contributed by atoms with Crippen molar-refractivity contribution < 1.29 is 40.0 Å². The van der Waals surface area contributed by atoms with Gasteiger partial charge in [-0.25, -0.2) is 5.43 Å². The van der Waals surface area contributed by atoms with Crippen LogP contribution in [0.4, 0.5) is 13.2 Å². The second-order valence-corrected chi connectivity index (χ2v) is 8.74. The van der Waals surface area contributed by atoms with E-state index in [1.165, 1.54) is 31.4 Å². The van der Waals surface area contributed by atoms with Crippen molar-refractivity contribution in [2.75, 3.05) is 14.2 Å². The van der Waals surface area contributed by atoms with E-state index in [1.807, 2.05) is 0 Å². The maximum Gasteiger partial charge on any atom is 0.419 e. The fourth-order valence-electron chi connectivity index (χ4n) is 3.19. The van der Waals surface area contributed by atoms with Crippen LogP contribution in [0.1, 0.15) is 16.7 Å². The topological polar surface area (TPSA) is 103 Å². The highest BCUT2D eigenvalue weighted by Crippen LogP contribution is 2.40. The molecule has 0 fully saturated rings. The number of carbonyl (C=O) groups excluding carboxylic acids is 1. The van der Waals surface area contributed by atoms with Gasteiger partial charge in [0.05, 0.1) is 38.0 Å². The van der Waals surface area contributed by atoms with Crippen molar-refractivity contribution >= 4 is 22.2 Å². The summed E-state index contributed by atoms with van der Waals surface area (Å²) in [5, 5.41) is 3.67. The lowest BCUT2D eigenvalue weighted by molar-refractivity contribution is -0.138. The van der Waals surface area contributed by atoms with Gasteiger partial charge in [-0.15, -0.1) is 0 Å². The quantitative estimate of drug-likeness (QED) is 0.257. The molecule has 8 nitrogen and oxygen atoms in total. The second kappa shape index (κ2) is 11.1. The highest BCUT2D eigenvalue weighted by atomic mass is 32.2. The largest absolute Gasteiger partial charge is 0.497 e. The van der Waals surface area contributed by atoms with E-state index in [2.05, 4.69) is 10.5 Å². The average Bonchev–Trinajstić information content (AvgIpc) is 2.83. The normalized spacial score (nSPS) is 11.8. The number of hydrazone groups is 1. The number of benzene rings is 3. The van der Waals surface area contributed by atoms with E-state index in [1.54, 1.807) is 30.3 Å². The molecular weight excluding hydrogens is 501 g/mol. The number of para-hydroxylation sites is 1. The van der Waals surface area contributed by atoms with E-state index in [0.29, 0.717) is 17.4 Å². The Hall–Kier alpha value is -4.06. The summed E-state index contributed by atoms with van der Waals surface area (Å²) in [6.45, 7) is 0. The van der Waals surface area contributed by atoms with Crippen LogP contribution in [-0.2, 0) is 27.5 Å². The number of hydrogen-bond donors (Lipinski definition) is 1. The van der Waals surface area contributed by atoms with Crippen LogP contribution in [-0.4, -0.2) is 34.8 Å². The van der Waals surface area contributed by atoms with Crippen molar-refractivity contribution in [1.82, 2.24) is 5.43 Å². The van der Waals surface area contributed by atoms with E-state index < -0.39 is 44.0 Å². The van der Waals surface area contributed by atoms with E-state index in [-0.39, 0.29) is 12.2 Å². The summed E-state index contributed by atoms with van der Waals surface area (Å²) in [5.74, 6) is -0.918. The molecule has 36 heavy (non-hydrogen) atoms. The molecule has 190 valence electrons. The Morgan fingerprint density at radius 2 is 1.67 bits per heavy atom. The molecule has 0 aliphatic rings. The smallest absolute Gasteiger partial charge is 0.419 e. The number of methoxy groups -OCH3 is 2. The zero-order valence-electron chi connectivity index (χ0n) is 19.1. The van der Waals surface area contributed by atoms with Gasteiger partial charge in [0.1, 0.15) is 22.1 Å². The van der Waals surface area contributed by atoms with Gasteiger partial charge in [-0.2, -0.15) is 26.7 Å². The molecule has 3 aromatic carbocycles. The molecule has 0 aliphatic heterocycles. The summed E-state index contributed by atoms with van der Waals surface area (Å²) < 4.78 is 81.6. The number of rotatable bonds is 9. The molecule has 0 saturated heterocycles. The van der Waals surface area contributed by atoms with Crippen molar-refractivity contribution in [3.8, 4) is 17.2 Å². The zero-order valence-corrected chi connectivity index (χ0v) is 19.9. The highest BCUT2D eigenvalue weighted by Gasteiger charge is 2.37. The summed E-state index contributed by atoms with van der Waals surface area (Å²) in [4.78, 5) is 11.6. The van der Waals surface area contributed by atoms with Gasteiger partial charge in [0.2, 0.25) is 5.91 Å². The minimum absolute atomic E-state index is 0.0501. The Morgan fingerprint density at radius 1 is 0.972 bits per heavy atom. The molecule has 0 unspecified atom stereocenters. The first kappa shape index (κ1) is 26.5. The lowest BCUT2D eigenvalue weighted by Crippen LogP contribution is -2.21. The summed E-state index contributed by atoms with van der Waals surface area (Å²) in [6, 6.07) is 15.4. The van der Waals surface area contributed by atoms with Crippen molar-refractivity contribution in [3.63, 3.8) is 0 Å². The van der Waals surface area contributed by atoms with Gasteiger partial charge in [0.15, 0.2) is 0 Å². The monoisotopic (exact) mass is 522 g/mol. The molecule has 12 heteroatoms. The van der Waals surface area contributed by atoms with Crippen LogP contribution < -0.4 is 19.1 Å². The first-order chi connectivity index (χ1) is 17.0. The summed E-state index contributed by atoms with van der Waals surface area (Å²) in [7, 11) is -2.18. The van der Waals surface area contributed by atoms with E-state index in [9.17, 15) is 26.4 Å². The van der Waals surface area contributed by atoms with Gasteiger partial charge in [-0.05, 0) is 42.0 Å². The minimum atomic E-state index is -4.86. The van der Waals surface area contributed by atoms with E-state index in [0.717, 1.165) is 19.4 Å². The van der Waals surface area contributed by atoms with Gasteiger partial charge < -0.3 is 13.7 Å². The second-order valence-electron chi connectivity index (χ2n) is 7.23. The molecular formula is C24H21F3N2O6S. The van der Waals surface area contributed by atoms with Gasteiger partial charge in [0.25, 0.3) is 0 Å². The van der Waals surface area contributed by atoms with Gasteiger partial charge in [-0.3, -0.25) is 4.79 Å². The highest BCUT2D eigenvalue weighted by molar-refractivity contribution is 7.87. The first-order valence-electron chi connectivity index (χ1n) is 10.3. The van der Waals surface area contributed by atoms with Gasteiger partial charge >= 0.3 is 16.3 Å². The molecule has 1 amide bonds. The third-order valence-electron chi connectivity index (χ3n) is 4.77. The van der Waals surface area contributed by atoms with E-state index in [4.69, 9.17) is 13.7 Å². The van der Waals surface area contributed by atoms with Crippen molar-refractivity contribution in [2.24, 2.45) is 5.10 Å². The van der Waals surface area contributed by atoms with Gasteiger partial charge in [-0.1, -0.05) is 30.3 Å². The number of halogens is 3. The number of alkyl halides is 3. The third-order valence-corrected chi connectivity index (χ3v) is 6.07. The number of nitrogens with one attached hydrogen (secondary N) is 1. The maximum atomic E-state index is 13.6. The molecule has 0 bridgehead atoms. The summed E-state index contributed by atoms with van der Waals surface area (Å²) in [6.07, 6.45) is -4.21. The molecule has 0 saturated carbocycles. The summed E-state index contributed by atoms with van der Waals surface area (Å²) >= 11 is 0. The Labute approximate surface area is 205 Å². The molecule has 1 N–H and O–H groups in total. The average molecular weight is 523 g/mol. The molecule has 0 aromatic heterocycles. The number of hydrogen-bond acceptors (Lipinski definition) is 7. The molecule has 0 atom stereocenters. The van der Waals surface area contributed by atoms with Crippen LogP contribution in [0.25, 0.3) is 0 Å². The minimum Gasteiger partial charge on any atom is -0.497 e. The molecule has 3 rings (SSSR count). The Balaban J connectivity index is 1.95. The van der Waals surface area contributed by atoms with Crippen LogP contribution in [0.3, 0.4) is 0 Å². The molecule has 0 aliphatic carbocycles.